The van der Waals surface area contributed by atoms with Gasteiger partial charge in [-0.2, -0.15) is 8.75 Å². The van der Waals surface area contributed by atoms with E-state index in [1.165, 1.54) is 36.9 Å². The number of rotatable bonds is 1. The Labute approximate surface area is 102 Å². The number of piperidine rings is 1. The van der Waals surface area contributed by atoms with E-state index in [1.54, 1.807) is 0 Å². The highest BCUT2D eigenvalue weighted by Crippen LogP contribution is 2.42. The molecule has 0 saturated carbocycles. The van der Waals surface area contributed by atoms with E-state index < -0.39 is 0 Å². The number of hydrogen-bond acceptors (Lipinski definition) is 4. The van der Waals surface area contributed by atoms with Crippen molar-refractivity contribution in [2.75, 3.05) is 13.1 Å². The molecule has 1 aromatic heterocycles. The van der Waals surface area contributed by atoms with Gasteiger partial charge in [0.25, 0.3) is 0 Å². The van der Waals surface area contributed by atoms with Crippen molar-refractivity contribution in [1.82, 2.24) is 13.6 Å². The summed E-state index contributed by atoms with van der Waals surface area (Å²) in [6.45, 7) is 10.9. The van der Waals surface area contributed by atoms with Crippen LogP contribution in [0.4, 0.5) is 0 Å². The smallest absolute Gasteiger partial charge is 0.0819 e. The second kappa shape index (κ2) is 4.80. The maximum absolute atomic E-state index is 4.45. The molecule has 2 aliphatic rings. The van der Waals surface area contributed by atoms with Gasteiger partial charge in [-0.25, -0.2) is 0 Å². The highest BCUT2D eigenvalue weighted by atomic mass is 32.1. The van der Waals surface area contributed by atoms with Crippen LogP contribution < -0.4 is 0 Å². The van der Waals surface area contributed by atoms with Crippen LogP contribution in [0.2, 0.25) is 0 Å². The van der Waals surface area contributed by atoms with Gasteiger partial charge in [0.05, 0.1) is 23.1 Å². The lowest BCUT2D eigenvalue weighted by atomic mass is 9.87. The third kappa shape index (κ3) is 1.89. The summed E-state index contributed by atoms with van der Waals surface area (Å²) in [6.07, 6.45) is 1.35. The largest absolute Gasteiger partial charge is 0.300 e. The second-order valence-electron chi connectivity index (χ2n) is 4.64. The van der Waals surface area contributed by atoms with Crippen LogP contribution in [-0.4, -0.2) is 32.8 Å². The molecule has 2 fully saturated rings. The molecule has 2 aliphatic heterocycles. The van der Waals surface area contributed by atoms with Gasteiger partial charge in [-0.05, 0) is 26.2 Å². The van der Waals surface area contributed by atoms with E-state index >= 15 is 0 Å². The molecule has 4 heteroatoms. The summed E-state index contributed by atoms with van der Waals surface area (Å²) in [5.74, 6) is 1.51. The monoisotopic (exact) mass is 239 g/mol. The van der Waals surface area contributed by atoms with Crippen LogP contribution in [0.25, 0.3) is 0 Å². The lowest BCUT2D eigenvalue weighted by Gasteiger charge is -2.26. The summed E-state index contributed by atoms with van der Waals surface area (Å²) in [5.41, 5.74) is 2.43. The van der Waals surface area contributed by atoms with Crippen molar-refractivity contribution >= 4 is 11.7 Å². The van der Waals surface area contributed by atoms with Gasteiger partial charge in [0.1, 0.15) is 0 Å². The lowest BCUT2D eigenvalue weighted by Crippen LogP contribution is -2.30. The van der Waals surface area contributed by atoms with Gasteiger partial charge in [0.2, 0.25) is 0 Å². The molecule has 0 radical (unpaired) electrons. The molecule has 0 spiro atoms. The average Bonchev–Trinajstić information content (AvgIpc) is 2.95. The van der Waals surface area contributed by atoms with Gasteiger partial charge >= 0.3 is 0 Å². The standard InChI is InChI=1S/C10H15N3S.C2H6/c1-6-3-8-4-13(6)5-9(8)10-7(2)11-14-12-10;1-2/h6,8-9H,3-5H2,1-2H3;1-2H3. The Morgan fingerprint density at radius 3 is 2.44 bits per heavy atom. The van der Waals surface area contributed by atoms with Gasteiger partial charge in [-0.1, -0.05) is 13.8 Å². The van der Waals surface area contributed by atoms with Crippen molar-refractivity contribution in [3.63, 3.8) is 0 Å². The van der Waals surface area contributed by atoms with Crippen LogP contribution in [0, 0.1) is 12.8 Å². The van der Waals surface area contributed by atoms with Crippen LogP contribution >= 0.6 is 11.7 Å². The SMILES string of the molecule is CC.Cc1nsnc1C1CN2CC1CC2C. The van der Waals surface area contributed by atoms with Gasteiger partial charge in [-0.3, -0.25) is 4.90 Å². The molecule has 90 valence electrons. The molecular formula is C12H21N3S. The Morgan fingerprint density at radius 2 is 2.00 bits per heavy atom. The predicted molar refractivity (Wildman–Crippen MR) is 67.9 cm³/mol. The van der Waals surface area contributed by atoms with Crippen molar-refractivity contribution in [2.24, 2.45) is 5.92 Å². The summed E-state index contributed by atoms with van der Waals surface area (Å²) in [4.78, 5) is 2.59. The van der Waals surface area contributed by atoms with Crippen molar-refractivity contribution in [1.29, 1.82) is 0 Å². The zero-order valence-electron chi connectivity index (χ0n) is 10.6. The molecule has 0 aliphatic carbocycles. The highest BCUT2D eigenvalue weighted by molar-refractivity contribution is 6.99. The first-order valence-corrected chi connectivity index (χ1v) is 7.02. The molecule has 0 N–H and O–H groups in total. The van der Waals surface area contributed by atoms with Crippen LogP contribution in [0.15, 0.2) is 0 Å². The van der Waals surface area contributed by atoms with Crippen LogP contribution in [0.5, 0.6) is 0 Å². The molecule has 16 heavy (non-hydrogen) atoms. The molecule has 2 bridgehead atoms. The van der Waals surface area contributed by atoms with E-state index in [4.69, 9.17) is 0 Å². The number of aryl methyl sites for hydroxylation is 1. The summed E-state index contributed by atoms with van der Waals surface area (Å²) in [6, 6.07) is 0.795. The number of nitrogens with zero attached hydrogens (tertiary/aromatic N) is 3. The van der Waals surface area contributed by atoms with E-state index in [-0.39, 0.29) is 0 Å². The lowest BCUT2D eigenvalue weighted by molar-refractivity contribution is 0.262. The van der Waals surface area contributed by atoms with Gasteiger partial charge in [-0.15, -0.1) is 0 Å². The average molecular weight is 239 g/mol. The predicted octanol–water partition coefficient (Wildman–Crippen LogP) is 2.68. The Hall–Kier alpha value is -0.480. The molecule has 3 nitrogen and oxygen atoms in total. The fourth-order valence-electron chi connectivity index (χ4n) is 2.97. The third-order valence-electron chi connectivity index (χ3n) is 3.78. The van der Waals surface area contributed by atoms with E-state index in [2.05, 4.69) is 27.5 Å². The quantitative estimate of drug-likeness (QED) is 0.754. The van der Waals surface area contributed by atoms with Crippen LogP contribution in [-0.2, 0) is 0 Å². The molecule has 0 aromatic carbocycles. The summed E-state index contributed by atoms with van der Waals surface area (Å²) in [7, 11) is 0. The van der Waals surface area contributed by atoms with Gasteiger partial charge < -0.3 is 0 Å². The van der Waals surface area contributed by atoms with Crippen molar-refractivity contribution in [3.05, 3.63) is 11.4 Å². The van der Waals surface area contributed by atoms with Crippen LogP contribution in [0.1, 0.15) is 44.5 Å². The van der Waals surface area contributed by atoms with Gasteiger partial charge in [0, 0.05) is 25.0 Å². The van der Waals surface area contributed by atoms with Crippen LogP contribution in [0.3, 0.4) is 0 Å². The molecule has 2 saturated heterocycles. The molecule has 1 aromatic rings. The highest BCUT2D eigenvalue weighted by Gasteiger charge is 2.44. The van der Waals surface area contributed by atoms with Crippen molar-refractivity contribution in [2.45, 2.75) is 46.1 Å². The van der Waals surface area contributed by atoms with E-state index in [0.29, 0.717) is 5.92 Å². The molecule has 3 heterocycles. The third-order valence-corrected chi connectivity index (χ3v) is 4.41. The molecule has 3 rings (SSSR count). The molecular weight excluding hydrogens is 218 g/mol. The minimum Gasteiger partial charge on any atom is -0.300 e. The van der Waals surface area contributed by atoms with Crippen molar-refractivity contribution in [3.8, 4) is 0 Å². The molecule has 4 unspecified atom stereocenters. The Kier molecular flexibility index (Phi) is 3.60. The first-order chi connectivity index (χ1) is 7.75. The first-order valence-electron chi connectivity index (χ1n) is 6.29. The maximum Gasteiger partial charge on any atom is 0.0819 e. The van der Waals surface area contributed by atoms with Gasteiger partial charge in [0.15, 0.2) is 0 Å². The number of hydrogen-bond donors (Lipinski definition) is 0. The fraction of sp³-hybridized carbons (Fsp3) is 0.833. The number of aromatic nitrogens is 2. The van der Waals surface area contributed by atoms with Crippen molar-refractivity contribution < 1.29 is 0 Å². The summed E-state index contributed by atoms with van der Waals surface area (Å²) < 4.78 is 8.72. The van der Waals surface area contributed by atoms with E-state index in [0.717, 1.165) is 17.7 Å². The summed E-state index contributed by atoms with van der Waals surface area (Å²) >= 11 is 1.36. The minimum atomic E-state index is 0.671. The zero-order chi connectivity index (χ0) is 11.7. The number of fused-ring (bicyclic) bond motifs is 2. The molecule has 4 atom stereocenters. The molecule has 0 amide bonds. The Morgan fingerprint density at radius 1 is 1.25 bits per heavy atom. The Balaban J connectivity index is 0.000000457. The van der Waals surface area contributed by atoms with E-state index in [9.17, 15) is 0 Å². The van der Waals surface area contributed by atoms with E-state index in [1.807, 2.05) is 13.8 Å². The zero-order valence-corrected chi connectivity index (χ0v) is 11.4. The normalized spacial score (nSPS) is 36.0. The minimum absolute atomic E-state index is 0.671. The second-order valence-corrected chi connectivity index (χ2v) is 5.17. The first kappa shape index (κ1) is 12.0. The topological polar surface area (TPSA) is 29.0 Å². The fourth-order valence-corrected chi connectivity index (χ4v) is 3.59. The summed E-state index contributed by atoms with van der Waals surface area (Å²) in [5, 5.41) is 0. The Bertz CT molecular complexity index is 348. The maximum atomic E-state index is 4.45.